The fourth-order valence-electron chi connectivity index (χ4n) is 8.54. The molecule has 0 heterocycles. The van der Waals surface area contributed by atoms with Crippen molar-refractivity contribution in [2.24, 2.45) is 0 Å². The van der Waals surface area contributed by atoms with Crippen molar-refractivity contribution in [1.29, 1.82) is 0 Å². The zero-order chi connectivity index (χ0) is 46.2. The summed E-state index contributed by atoms with van der Waals surface area (Å²) in [5, 5.41) is 50.3. The van der Waals surface area contributed by atoms with E-state index in [9.17, 15) is 39.8 Å². The van der Waals surface area contributed by atoms with Gasteiger partial charge in [0.05, 0.1) is 13.2 Å². The van der Waals surface area contributed by atoms with Crippen LogP contribution in [0.5, 0.6) is 0 Å². The first kappa shape index (κ1) is 60.4. The maximum Gasteiger partial charge on any atom is 0.472 e. The van der Waals surface area contributed by atoms with Crippen molar-refractivity contribution in [2.45, 2.75) is 294 Å². The Kier molecular flexibility index (Phi) is 39.8. The molecule has 6 N–H and O–H groups in total. The topological polar surface area (TPSA) is 192 Å². The first-order chi connectivity index (χ1) is 30.5. The average Bonchev–Trinajstić information content (AvgIpc) is 3.27. The lowest BCUT2D eigenvalue weighted by molar-refractivity contribution is -0.220. The van der Waals surface area contributed by atoms with Gasteiger partial charge in [0.2, 0.25) is 0 Å². The van der Waals surface area contributed by atoms with Crippen LogP contribution in [0, 0.1) is 0 Å². The smallest absolute Gasteiger partial charge is 0.457 e. The van der Waals surface area contributed by atoms with E-state index < -0.39 is 63.1 Å². The van der Waals surface area contributed by atoms with Gasteiger partial charge in [-0.25, -0.2) is 4.57 Å². The zero-order valence-electron chi connectivity index (χ0n) is 40.4. The molecular formula is C50H99O12P. The molecular weight excluding hydrogens is 824 g/mol. The van der Waals surface area contributed by atoms with Gasteiger partial charge in [-0.05, 0) is 12.8 Å². The van der Waals surface area contributed by atoms with Gasteiger partial charge in [0, 0.05) is 13.0 Å². The number of aliphatic hydroxyl groups is 5. The Hall–Kier alpha value is -0.660. The molecule has 0 amide bonds. The van der Waals surface area contributed by atoms with Crippen molar-refractivity contribution in [2.75, 3.05) is 19.8 Å². The number of esters is 1. The summed E-state index contributed by atoms with van der Waals surface area (Å²) >= 11 is 0. The summed E-state index contributed by atoms with van der Waals surface area (Å²) in [4.78, 5) is 23.2. The SMILES string of the molecule is CCCCCCCCCCCCCCCCCCCCCCOCC(COP(=O)(O)OC1C(O)C(O)C(O)C(O)C1O)OC(=O)CCCCCCCCCCCCCCCCCC. The number of hydrogen-bond acceptors (Lipinski definition) is 11. The molecule has 1 aliphatic carbocycles. The van der Waals surface area contributed by atoms with E-state index in [1.807, 2.05) is 0 Å². The van der Waals surface area contributed by atoms with E-state index in [1.54, 1.807) is 0 Å². The number of rotatable bonds is 46. The van der Waals surface area contributed by atoms with Crippen LogP contribution >= 0.6 is 7.82 Å². The first-order valence-electron chi connectivity index (χ1n) is 26.4. The lowest BCUT2D eigenvalue weighted by Gasteiger charge is -2.41. The number of unbranched alkanes of at least 4 members (excludes halogenated alkanes) is 34. The highest BCUT2D eigenvalue weighted by molar-refractivity contribution is 7.47. The number of carbonyl (C=O) groups excluding carboxylic acids is 1. The average molecular weight is 923 g/mol. The zero-order valence-corrected chi connectivity index (χ0v) is 41.3. The number of hydrogen-bond donors (Lipinski definition) is 6. The molecule has 63 heavy (non-hydrogen) atoms. The molecule has 6 unspecified atom stereocenters. The third-order valence-electron chi connectivity index (χ3n) is 12.7. The van der Waals surface area contributed by atoms with Crippen LogP contribution in [0.3, 0.4) is 0 Å². The molecule has 0 aromatic heterocycles. The molecule has 0 bridgehead atoms. The normalized spacial score (nSPS) is 21.7. The van der Waals surface area contributed by atoms with E-state index in [0.29, 0.717) is 13.0 Å². The molecule has 0 radical (unpaired) electrons. The molecule has 1 aliphatic rings. The Morgan fingerprint density at radius 1 is 0.444 bits per heavy atom. The van der Waals surface area contributed by atoms with Gasteiger partial charge in [0.15, 0.2) is 0 Å². The van der Waals surface area contributed by atoms with E-state index in [2.05, 4.69) is 13.8 Å². The highest BCUT2D eigenvalue weighted by Crippen LogP contribution is 2.47. The summed E-state index contributed by atoms with van der Waals surface area (Å²) in [6.45, 7) is 4.32. The predicted molar refractivity (Wildman–Crippen MR) is 254 cm³/mol. The van der Waals surface area contributed by atoms with Gasteiger partial charge in [0.25, 0.3) is 0 Å². The molecule has 12 nitrogen and oxygen atoms in total. The van der Waals surface area contributed by atoms with Gasteiger partial charge in [-0.3, -0.25) is 13.8 Å². The van der Waals surface area contributed by atoms with Crippen molar-refractivity contribution < 1.29 is 58.3 Å². The minimum absolute atomic E-state index is 0.0673. The molecule has 1 rings (SSSR count). The summed E-state index contributed by atoms with van der Waals surface area (Å²) in [6.07, 6.45) is 33.1. The van der Waals surface area contributed by atoms with E-state index in [4.69, 9.17) is 18.5 Å². The van der Waals surface area contributed by atoms with Crippen LogP contribution in [0.1, 0.15) is 251 Å². The van der Waals surface area contributed by atoms with Gasteiger partial charge in [-0.2, -0.15) is 0 Å². The van der Waals surface area contributed by atoms with Gasteiger partial charge < -0.3 is 39.9 Å². The number of phosphoric ester groups is 1. The fourth-order valence-corrected chi connectivity index (χ4v) is 9.51. The van der Waals surface area contributed by atoms with E-state index in [1.165, 1.54) is 186 Å². The van der Waals surface area contributed by atoms with Crippen LogP contribution in [-0.2, 0) is 27.9 Å². The summed E-state index contributed by atoms with van der Waals surface area (Å²) < 4.78 is 34.3. The number of ether oxygens (including phenoxy) is 2. The second-order valence-corrected chi connectivity index (χ2v) is 20.2. The third-order valence-corrected chi connectivity index (χ3v) is 13.7. The van der Waals surface area contributed by atoms with Crippen LogP contribution in [-0.4, -0.2) is 98.9 Å². The van der Waals surface area contributed by atoms with Crippen LogP contribution in [0.25, 0.3) is 0 Å². The third kappa shape index (κ3) is 33.5. The van der Waals surface area contributed by atoms with Crippen LogP contribution in [0.2, 0.25) is 0 Å². The Labute approximate surface area is 385 Å². The molecule has 376 valence electrons. The standard InChI is InChI=1S/C50H99O12P/c1-3-5-7-9-11-13-15-17-19-21-22-23-24-26-28-30-32-34-36-38-40-59-41-43(42-60-63(57,58)62-50-48(55)46(53)45(52)47(54)49(50)56)61-44(51)39-37-35-33-31-29-27-25-20-18-16-14-12-10-8-6-4-2/h43,45-50,52-56H,3-42H2,1-2H3,(H,57,58). The maximum absolute atomic E-state index is 12.8. The van der Waals surface area contributed by atoms with Gasteiger partial charge in [-0.1, -0.05) is 232 Å². The largest absolute Gasteiger partial charge is 0.472 e. The Balaban J connectivity index is 2.30. The van der Waals surface area contributed by atoms with Crippen molar-refractivity contribution in [1.82, 2.24) is 0 Å². The highest BCUT2D eigenvalue weighted by Gasteiger charge is 2.51. The van der Waals surface area contributed by atoms with Crippen molar-refractivity contribution in [3.05, 3.63) is 0 Å². The Bertz CT molecular complexity index is 1050. The fraction of sp³-hybridized carbons (Fsp3) is 0.980. The summed E-state index contributed by atoms with van der Waals surface area (Å²) in [5.74, 6) is -0.469. The second kappa shape index (κ2) is 41.5. The number of carbonyl (C=O) groups is 1. The first-order valence-corrected chi connectivity index (χ1v) is 27.9. The summed E-state index contributed by atoms with van der Waals surface area (Å²) in [5.41, 5.74) is 0. The minimum Gasteiger partial charge on any atom is -0.457 e. The van der Waals surface area contributed by atoms with Gasteiger partial charge in [-0.15, -0.1) is 0 Å². The van der Waals surface area contributed by atoms with Gasteiger partial charge in [0.1, 0.15) is 42.7 Å². The van der Waals surface area contributed by atoms with E-state index >= 15 is 0 Å². The molecule has 0 aliphatic heterocycles. The quantitative estimate of drug-likeness (QED) is 0.0193. The number of aliphatic hydroxyl groups excluding tert-OH is 5. The molecule has 0 spiro atoms. The number of phosphoric acid groups is 1. The van der Waals surface area contributed by atoms with Gasteiger partial charge >= 0.3 is 13.8 Å². The lowest BCUT2D eigenvalue weighted by atomic mass is 9.85. The molecule has 13 heteroatoms. The summed E-state index contributed by atoms with van der Waals surface area (Å²) in [7, 11) is -5.01. The highest BCUT2D eigenvalue weighted by atomic mass is 31.2. The molecule has 1 fully saturated rings. The van der Waals surface area contributed by atoms with Crippen molar-refractivity contribution in [3.63, 3.8) is 0 Å². The van der Waals surface area contributed by atoms with E-state index in [-0.39, 0.29) is 13.0 Å². The Morgan fingerprint density at radius 2 is 0.746 bits per heavy atom. The van der Waals surface area contributed by atoms with Crippen LogP contribution in [0.4, 0.5) is 0 Å². The van der Waals surface area contributed by atoms with E-state index in [0.717, 1.165) is 38.5 Å². The molecule has 1 saturated carbocycles. The van der Waals surface area contributed by atoms with Crippen LogP contribution in [0.15, 0.2) is 0 Å². The summed E-state index contributed by atoms with van der Waals surface area (Å²) in [6, 6.07) is 0. The Morgan fingerprint density at radius 3 is 1.10 bits per heavy atom. The lowest BCUT2D eigenvalue weighted by Crippen LogP contribution is -2.64. The molecule has 6 atom stereocenters. The van der Waals surface area contributed by atoms with Crippen molar-refractivity contribution >= 4 is 13.8 Å². The molecule has 0 aromatic carbocycles. The van der Waals surface area contributed by atoms with Crippen LogP contribution < -0.4 is 0 Å². The maximum atomic E-state index is 12.8. The minimum atomic E-state index is -5.01. The van der Waals surface area contributed by atoms with Crippen molar-refractivity contribution in [3.8, 4) is 0 Å². The predicted octanol–water partition coefficient (Wildman–Crippen LogP) is 11.7. The monoisotopic (exact) mass is 923 g/mol. The second-order valence-electron chi connectivity index (χ2n) is 18.7. The molecule has 0 saturated heterocycles. The molecule has 0 aromatic rings.